The van der Waals surface area contributed by atoms with Crippen LogP contribution in [0.2, 0.25) is 0 Å². The lowest BCUT2D eigenvalue weighted by Crippen LogP contribution is -1.92. The van der Waals surface area contributed by atoms with Crippen LogP contribution < -0.4 is 0 Å². The molecule has 0 saturated carbocycles. The van der Waals surface area contributed by atoms with Crippen molar-refractivity contribution in [3.05, 3.63) is 219 Å². The molecular weight excluding hydrogens is 653 g/mol. The zero-order valence-corrected chi connectivity index (χ0v) is 29.7. The molecule has 0 saturated heterocycles. The van der Waals surface area contributed by atoms with Crippen molar-refractivity contribution < 1.29 is 0 Å². The molecule has 2 heterocycles. The molecule has 54 heavy (non-hydrogen) atoms. The van der Waals surface area contributed by atoms with E-state index >= 15 is 0 Å². The molecule has 0 aliphatic rings. The second kappa shape index (κ2) is 14.8. The third kappa shape index (κ3) is 6.65. The van der Waals surface area contributed by atoms with E-state index in [0.717, 1.165) is 28.1 Å². The molecule has 9 aromatic rings. The number of aromatic nitrogens is 2. The first-order valence-corrected chi connectivity index (χ1v) is 18.3. The Morgan fingerprint density at radius 2 is 0.630 bits per heavy atom. The molecule has 2 aromatic heterocycles. The van der Waals surface area contributed by atoms with Crippen LogP contribution >= 0.6 is 0 Å². The number of hydrogen-bond acceptors (Lipinski definition) is 2. The lowest BCUT2D eigenvalue weighted by Gasteiger charge is -2.18. The van der Waals surface area contributed by atoms with Crippen LogP contribution in [0.25, 0.3) is 89.3 Å². The molecule has 0 N–H and O–H groups in total. The fourth-order valence-corrected chi connectivity index (χ4v) is 7.37. The van der Waals surface area contributed by atoms with E-state index in [0.29, 0.717) is 0 Å². The quantitative estimate of drug-likeness (QED) is 0.159. The van der Waals surface area contributed by atoms with E-state index in [1.54, 1.807) is 0 Å². The third-order valence-electron chi connectivity index (χ3n) is 10.0. The number of nitrogens with zero attached hydrogens (tertiary/aromatic N) is 2. The van der Waals surface area contributed by atoms with Gasteiger partial charge in [0.15, 0.2) is 0 Å². The minimum atomic E-state index is 0.954. The SMILES string of the molecule is c1ccc(-c2cccc(-c3cc(-c4ccccn4)ccc3-c3ccccc3-c3cccc(-c4ccccc4-c4ccc(-c5ccccn5)cc4)c3)c2)cc1. The van der Waals surface area contributed by atoms with E-state index < -0.39 is 0 Å². The second-order valence-corrected chi connectivity index (χ2v) is 13.4. The highest BCUT2D eigenvalue weighted by atomic mass is 14.7. The Kier molecular flexibility index (Phi) is 8.99. The summed E-state index contributed by atoms with van der Waals surface area (Å²) in [6.07, 6.45) is 3.70. The van der Waals surface area contributed by atoms with Crippen LogP contribution in [-0.4, -0.2) is 9.97 Å². The minimum Gasteiger partial charge on any atom is -0.256 e. The highest BCUT2D eigenvalue weighted by Crippen LogP contribution is 2.42. The minimum absolute atomic E-state index is 0.954. The molecule has 0 spiro atoms. The van der Waals surface area contributed by atoms with Crippen molar-refractivity contribution in [3.63, 3.8) is 0 Å². The van der Waals surface area contributed by atoms with Gasteiger partial charge >= 0.3 is 0 Å². The average molecular weight is 689 g/mol. The number of hydrogen-bond donors (Lipinski definition) is 0. The largest absolute Gasteiger partial charge is 0.256 e. The number of benzene rings is 7. The van der Waals surface area contributed by atoms with Crippen LogP contribution in [-0.2, 0) is 0 Å². The third-order valence-corrected chi connectivity index (χ3v) is 10.0. The van der Waals surface area contributed by atoms with Crippen molar-refractivity contribution in [2.75, 3.05) is 0 Å². The Hall–Kier alpha value is -7.16. The lowest BCUT2D eigenvalue weighted by atomic mass is 9.86. The molecule has 7 aromatic carbocycles. The van der Waals surface area contributed by atoms with Gasteiger partial charge in [-0.3, -0.25) is 9.97 Å². The van der Waals surface area contributed by atoms with E-state index in [1.807, 2.05) is 42.7 Å². The summed E-state index contributed by atoms with van der Waals surface area (Å²) in [5.41, 5.74) is 18.3. The van der Waals surface area contributed by atoms with Gasteiger partial charge in [-0.15, -0.1) is 0 Å². The van der Waals surface area contributed by atoms with Gasteiger partial charge < -0.3 is 0 Å². The smallest absolute Gasteiger partial charge is 0.0702 e. The summed E-state index contributed by atoms with van der Waals surface area (Å²) in [6, 6.07) is 73.5. The first-order chi connectivity index (χ1) is 26.8. The molecule has 2 heteroatoms. The van der Waals surface area contributed by atoms with E-state index in [9.17, 15) is 0 Å². The van der Waals surface area contributed by atoms with Gasteiger partial charge in [0.05, 0.1) is 11.4 Å². The Morgan fingerprint density at radius 3 is 1.26 bits per heavy atom. The summed E-state index contributed by atoms with van der Waals surface area (Å²) < 4.78 is 0. The van der Waals surface area contributed by atoms with Crippen LogP contribution in [0.1, 0.15) is 0 Å². The van der Waals surface area contributed by atoms with Crippen molar-refractivity contribution in [1.82, 2.24) is 9.97 Å². The zero-order chi connectivity index (χ0) is 36.1. The van der Waals surface area contributed by atoms with Crippen molar-refractivity contribution in [3.8, 4) is 89.3 Å². The monoisotopic (exact) mass is 688 g/mol. The summed E-state index contributed by atoms with van der Waals surface area (Å²) >= 11 is 0. The molecule has 0 amide bonds. The Morgan fingerprint density at radius 1 is 0.204 bits per heavy atom. The summed E-state index contributed by atoms with van der Waals surface area (Å²) in [7, 11) is 0. The first-order valence-electron chi connectivity index (χ1n) is 18.3. The molecule has 9 rings (SSSR count). The van der Waals surface area contributed by atoms with E-state index in [4.69, 9.17) is 4.98 Å². The highest BCUT2D eigenvalue weighted by molar-refractivity contribution is 5.95. The van der Waals surface area contributed by atoms with Crippen LogP contribution in [0.3, 0.4) is 0 Å². The topological polar surface area (TPSA) is 25.8 Å². The van der Waals surface area contributed by atoms with Gasteiger partial charge in [-0.2, -0.15) is 0 Å². The molecule has 2 nitrogen and oxygen atoms in total. The predicted octanol–water partition coefficient (Wildman–Crippen LogP) is 13.8. The Labute approximate surface area is 316 Å². The van der Waals surface area contributed by atoms with Crippen molar-refractivity contribution in [2.24, 2.45) is 0 Å². The van der Waals surface area contributed by atoms with E-state index in [2.05, 4.69) is 181 Å². The second-order valence-electron chi connectivity index (χ2n) is 13.4. The number of rotatable bonds is 8. The highest BCUT2D eigenvalue weighted by Gasteiger charge is 2.16. The average Bonchev–Trinajstić information content (AvgIpc) is 3.27. The van der Waals surface area contributed by atoms with Crippen molar-refractivity contribution >= 4 is 0 Å². The summed E-state index contributed by atoms with van der Waals surface area (Å²) in [5, 5.41) is 0. The fourth-order valence-electron chi connectivity index (χ4n) is 7.37. The molecular formula is C52H36N2. The van der Waals surface area contributed by atoms with E-state index in [1.165, 1.54) is 61.2 Å². The Balaban J connectivity index is 1.14. The zero-order valence-electron chi connectivity index (χ0n) is 29.7. The van der Waals surface area contributed by atoms with E-state index in [-0.39, 0.29) is 0 Å². The molecule has 0 unspecified atom stereocenters. The van der Waals surface area contributed by atoms with Gasteiger partial charge in [-0.25, -0.2) is 0 Å². The first kappa shape index (κ1) is 32.7. The summed E-state index contributed by atoms with van der Waals surface area (Å²) in [4.78, 5) is 9.24. The molecule has 254 valence electrons. The standard InChI is InChI=1S/C52H36N2/c1-2-14-37(15-3-1)40-16-12-19-43(34-40)50-36-44(52-25-9-11-33-54-52)30-31-49(50)48-23-7-6-22-47(48)42-18-13-17-41(35-42)46-21-5-4-20-45(46)38-26-28-39(29-27-38)51-24-8-10-32-53-51/h1-36H. The maximum atomic E-state index is 4.70. The summed E-state index contributed by atoms with van der Waals surface area (Å²) in [6.45, 7) is 0. The maximum Gasteiger partial charge on any atom is 0.0702 e. The molecule has 0 atom stereocenters. The lowest BCUT2D eigenvalue weighted by molar-refractivity contribution is 1.33. The van der Waals surface area contributed by atoms with Crippen LogP contribution in [0.15, 0.2) is 219 Å². The maximum absolute atomic E-state index is 4.70. The van der Waals surface area contributed by atoms with Crippen LogP contribution in [0.4, 0.5) is 0 Å². The van der Waals surface area contributed by atoms with Gasteiger partial charge in [0.25, 0.3) is 0 Å². The molecule has 0 aliphatic heterocycles. The molecule has 0 radical (unpaired) electrons. The Bertz CT molecular complexity index is 2680. The van der Waals surface area contributed by atoms with Gasteiger partial charge in [-0.1, -0.05) is 164 Å². The predicted molar refractivity (Wildman–Crippen MR) is 226 cm³/mol. The molecule has 0 aliphatic carbocycles. The van der Waals surface area contributed by atoms with Crippen molar-refractivity contribution in [1.29, 1.82) is 0 Å². The number of pyridine rings is 2. The van der Waals surface area contributed by atoms with Gasteiger partial charge in [0.1, 0.15) is 0 Å². The van der Waals surface area contributed by atoms with Crippen LogP contribution in [0, 0.1) is 0 Å². The summed E-state index contributed by atoms with van der Waals surface area (Å²) in [5.74, 6) is 0. The van der Waals surface area contributed by atoms with Crippen molar-refractivity contribution in [2.45, 2.75) is 0 Å². The van der Waals surface area contributed by atoms with Gasteiger partial charge in [0.2, 0.25) is 0 Å². The normalized spacial score (nSPS) is 11.0. The molecule has 0 fully saturated rings. The van der Waals surface area contributed by atoms with Crippen LogP contribution in [0.5, 0.6) is 0 Å². The van der Waals surface area contributed by atoms with Gasteiger partial charge in [-0.05, 0) is 109 Å². The van der Waals surface area contributed by atoms with Gasteiger partial charge in [0, 0.05) is 23.5 Å². The molecule has 0 bridgehead atoms. The fraction of sp³-hybridized carbons (Fsp3) is 0.